The van der Waals surface area contributed by atoms with E-state index in [4.69, 9.17) is 0 Å². The summed E-state index contributed by atoms with van der Waals surface area (Å²) in [5.74, 6) is 0. The number of rotatable bonds is 0. The zero-order chi connectivity index (χ0) is 0. The fourth-order valence-electron chi connectivity index (χ4n) is 0. The van der Waals surface area contributed by atoms with Gasteiger partial charge in [0.15, 0.2) is 0 Å². The quantitative estimate of drug-likeness (QED) is 0.566. The van der Waals surface area contributed by atoms with E-state index in [2.05, 4.69) is 0 Å². The molecule has 0 heterocycles. The SMILES string of the molecule is N.[Cr].[Mn].[Mo].[Nb].[Ti].[V]. The van der Waals surface area contributed by atoms with Gasteiger partial charge in [-0.2, -0.15) is 0 Å². The fourth-order valence-corrected chi connectivity index (χ4v) is 0. The molecule has 0 fully saturated rings. The maximum atomic E-state index is 0. The molecular formula is H3CrMnMoNNbTiV. The van der Waals surface area contributed by atoms with Crippen LogP contribution >= 0.6 is 0 Å². The van der Waals surface area contributed by atoms with Gasteiger partial charge in [-0.15, -0.1) is 0 Å². The second-order valence-corrected chi connectivity index (χ2v) is 0. The molecule has 0 rings (SSSR count). The van der Waals surface area contributed by atoms with Gasteiger partial charge in [0, 0.05) is 118 Å². The molecule has 0 aliphatic carbocycles. The molecule has 0 bridgehead atoms. The Morgan fingerprint density at radius 3 is 1.00 bits per heavy atom. The first-order chi connectivity index (χ1) is 0. The van der Waals surface area contributed by atoms with Gasteiger partial charge in [0.25, 0.3) is 0 Å². The van der Waals surface area contributed by atoms with E-state index < -0.39 is 0 Å². The average molecular weight is 412 g/mol. The molecule has 0 aromatic carbocycles. The van der Waals surface area contributed by atoms with Crippen molar-refractivity contribution >= 4 is 0 Å². The summed E-state index contributed by atoms with van der Waals surface area (Å²) >= 11 is 0. The van der Waals surface area contributed by atoms with Gasteiger partial charge < -0.3 is 6.15 Å². The Morgan fingerprint density at radius 1 is 1.00 bits per heavy atom. The van der Waals surface area contributed by atoms with Crippen molar-refractivity contribution in [3.63, 3.8) is 0 Å². The van der Waals surface area contributed by atoms with E-state index in [9.17, 15) is 0 Å². The molecule has 41 valence electrons. The van der Waals surface area contributed by atoms with Gasteiger partial charge in [0.05, 0.1) is 0 Å². The molecule has 3 radical (unpaired) electrons. The molecule has 0 aromatic rings. The molecule has 0 unspecified atom stereocenters. The summed E-state index contributed by atoms with van der Waals surface area (Å²) in [5, 5.41) is 0. The summed E-state index contributed by atoms with van der Waals surface area (Å²) in [4.78, 5) is 0. The van der Waals surface area contributed by atoms with Crippen LogP contribution in [0.1, 0.15) is 0 Å². The molecule has 0 saturated heterocycles. The summed E-state index contributed by atoms with van der Waals surface area (Å²) in [5.41, 5.74) is 0. The van der Waals surface area contributed by atoms with Gasteiger partial charge in [-0.05, 0) is 0 Å². The van der Waals surface area contributed by atoms with Crippen molar-refractivity contribution in [2.75, 3.05) is 0 Å². The molecule has 0 saturated carbocycles. The predicted octanol–water partition coefficient (Wildman–Crippen LogP) is 0.147. The van der Waals surface area contributed by atoms with Gasteiger partial charge in [0.2, 0.25) is 0 Å². The van der Waals surface area contributed by atoms with E-state index in [-0.39, 0.29) is 124 Å². The van der Waals surface area contributed by atoms with Gasteiger partial charge in [-0.25, -0.2) is 0 Å². The summed E-state index contributed by atoms with van der Waals surface area (Å²) in [6.07, 6.45) is 0. The van der Waals surface area contributed by atoms with Crippen LogP contribution in [0, 0.1) is 0 Å². The standard InChI is InChI=1S/Cr.Mn.Mo.H3N.Nb.Ti.V/h;;;1H3;;;. The van der Waals surface area contributed by atoms with Crippen molar-refractivity contribution in [1.82, 2.24) is 6.15 Å². The zero-order valence-electron chi connectivity index (χ0n) is 3.30. The van der Waals surface area contributed by atoms with Gasteiger partial charge in [-0.3, -0.25) is 0 Å². The Balaban J connectivity index is 0. The third-order valence-corrected chi connectivity index (χ3v) is 0. The van der Waals surface area contributed by atoms with Crippen molar-refractivity contribution < 1.29 is 118 Å². The Labute approximate surface area is 122 Å². The Morgan fingerprint density at radius 2 is 1.00 bits per heavy atom. The summed E-state index contributed by atoms with van der Waals surface area (Å²) in [6.45, 7) is 0. The van der Waals surface area contributed by atoms with Crippen LogP contribution in [-0.4, -0.2) is 0 Å². The number of hydrogen-bond acceptors (Lipinski definition) is 1. The van der Waals surface area contributed by atoms with Crippen molar-refractivity contribution in [3.8, 4) is 0 Å². The van der Waals surface area contributed by atoms with E-state index >= 15 is 0 Å². The molecule has 7 heavy (non-hydrogen) atoms. The third-order valence-electron chi connectivity index (χ3n) is 0. The topological polar surface area (TPSA) is 35.0 Å². The van der Waals surface area contributed by atoms with Crippen LogP contribution in [0.25, 0.3) is 0 Å². The third kappa shape index (κ3) is 41.7. The smallest absolute Gasteiger partial charge is 0 e. The van der Waals surface area contributed by atoms with Crippen LogP contribution in [0.2, 0.25) is 0 Å². The molecule has 0 aliphatic rings. The molecule has 7 heteroatoms. The second-order valence-electron chi connectivity index (χ2n) is 0. The van der Waals surface area contributed by atoms with Crippen molar-refractivity contribution in [1.29, 1.82) is 0 Å². The average Bonchev–Trinajstić information content (AvgIpc) is 0. The van der Waals surface area contributed by atoms with E-state index in [1.807, 2.05) is 0 Å². The first-order valence-corrected chi connectivity index (χ1v) is 0. The minimum Gasteiger partial charge on any atom is -0.344 e. The first-order valence-electron chi connectivity index (χ1n) is 0. The van der Waals surface area contributed by atoms with Crippen LogP contribution in [0.15, 0.2) is 0 Å². The van der Waals surface area contributed by atoms with E-state index in [1.165, 1.54) is 0 Å². The molecule has 3 N–H and O–H groups in total. The molecule has 0 amide bonds. The van der Waals surface area contributed by atoms with E-state index in [0.29, 0.717) is 0 Å². The molecule has 0 aromatic heterocycles. The monoisotopic (exact) mass is 414 g/mol. The zero-order valence-corrected chi connectivity index (χ0v) is 12.9. The van der Waals surface area contributed by atoms with E-state index in [1.54, 1.807) is 0 Å². The Kier molecular flexibility index (Phi) is 554. The maximum Gasteiger partial charge on any atom is 0 e. The van der Waals surface area contributed by atoms with Crippen LogP contribution in [0.5, 0.6) is 0 Å². The van der Waals surface area contributed by atoms with Crippen molar-refractivity contribution in [2.24, 2.45) is 0 Å². The minimum atomic E-state index is 0. The van der Waals surface area contributed by atoms with Gasteiger partial charge >= 0.3 is 0 Å². The Hall–Kier alpha value is 3.74. The molecule has 0 atom stereocenters. The molecule has 1 nitrogen and oxygen atoms in total. The van der Waals surface area contributed by atoms with Gasteiger partial charge in [-0.1, -0.05) is 0 Å². The maximum absolute atomic E-state index is 0. The van der Waals surface area contributed by atoms with Crippen molar-refractivity contribution in [2.45, 2.75) is 0 Å². The number of hydrogen-bond donors (Lipinski definition) is 1. The fraction of sp³-hybridized carbons (Fsp3) is 0. The predicted molar refractivity (Wildman–Crippen MR) is 5.02 cm³/mol. The second kappa shape index (κ2) is 53.2. The molecule has 0 aliphatic heterocycles. The Bertz CT molecular complexity index is 19.7. The largest absolute Gasteiger partial charge is 0.344 e. The summed E-state index contributed by atoms with van der Waals surface area (Å²) in [7, 11) is 0. The minimum absolute atomic E-state index is 0. The normalized spacial score (nSPS) is 0. The molecule has 0 spiro atoms. The van der Waals surface area contributed by atoms with Crippen molar-refractivity contribution in [3.05, 3.63) is 0 Å². The van der Waals surface area contributed by atoms with Crippen LogP contribution < -0.4 is 6.15 Å². The van der Waals surface area contributed by atoms with Crippen LogP contribution in [0.3, 0.4) is 0 Å². The summed E-state index contributed by atoms with van der Waals surface area (Å²) in [6, 6.07) is 0. The van der Waals surface area contributed by atoms with Crippen LogP contribution in [0.4, 0.5) is 0 Å². The summed E-state index contributed by atoms with van der Waals surface area (Å²) < 4.78 is 0. The van der Waals surface area contributed by atoms with Crippen LogP contribution in [-0.2, 0) is 118 Å². The van der Waals surface area contributed by atoms with Gasteiger partial charge in [0.1, 0.15) is 0 Å². The van der Waals surface area contributed by atoms with E-state index in [0.717, 1.165) is 0 Å². The first kappa shape index (κ1) is 72.9. The molecular weight excluding hydrogens is 409 g/mol.